The summed E-state index contributed by atoms with van der Waals surface area (Å²) >= 11 is 0. The first-order chi connectivity index (χ1) is 10.7. The fourth-order valence-electron chi connectivity index (χ4n) is 1.76. The van der Waals surface area contributed by atoms with Crippen molar-refractivity contribution in [1.29, 1.82) is 0 Å². The smallest absolute Gasteiger partial charge is 0.191 e. The summed E-state index contributed by atoms with van der Waals surface area (Å²) in [5.41, 5.74) is 0. The largest absolute Gasteiger partial charge is 0.489 e. The van der Waals surface area contributed by atoms with Gasteiger partial charge in [-0.1, -0.05) is 6.07 Å². The van der Waals surface area contributed by atoms with Gasteiger partial charge in [0.05, 0.1) is 13.2 Å². The van der Waals surface area contributed by atoms with Crippen LogP contribution in [0.4, 0.5) is 4.39 Å². The zero-order valence-corrected chi connectivity index (χ0v) is 13.6. The molecule has 1 aromatic rings. The van der Waals surface area contributed by atoms with Crippen LogP contribution in [-0.2, 0) is 4.74 Å². The fraction of sp³-hybridized carbons (Fsp3) is 0.562. The Morgan fingerprint density at radius 3 is 2.82 bits per heavy atom. The second-order valence-electron chi connectivity index (χ2n) is 4.73. The normalized spacial score (nSPS) is 12.8. The molecule has 124 valence electrons. The lowest BCUT2D eigenvalue weighted by molar-refractivity contribution is 0.152. The standard InChI is InChI=1S/C16H26FN3O2/c1-4-18-16(19-9-10-21-5-2)20-12-13(3)22-15-8-6-7-14(17)11-15/h6-8,11,13H,4-5,9-10,12H2,1-3H3,(H2,18,19,20). The molecule has 1 rings (SSSR count). The van der Waals surface area contributed by atoms with Crippen LogP contribution in [0.15, 0.2) is 29.3 Å². The molecule has 2 N–H and O–H groups in total. The quantitative estimate of drug-likeness (QED) is 0.417. The van der Waals surface area contributed by atoms with Gasteiger partial charge in [-0.15, -0.1) is 0 Å². The van der Waals surface area contributed by atoms with Crippen molar-refractivity contribution in [3.05, 3.63) is 30.1 Å². The molecule has 0 aliphatic carbocycles. The molecule has 0 fully saturated rings. The Morgan fingerprint density at radius 2 is 2.14 bits per heavy atom. The predicted octanol–water partition coefficient (Wildman–Crippen LogP) is 2.18. The van der Waals surface area contributed by atoms with Gasteiger partial charge in [0.2, 0.25) is 0 Å². The van der Waals surface area contributed by atoms with E-state index in [4.69, 9.17) is 9.47 Å². The van der Waals surface area contributed by atoms with E-state index in [9.17, 15) is 4.39 Å². The number of halogens is 1. The van der Waals surface area contributed by atoms with Crippen LogP contribution >= 0.6 is 0 Å². The zero-order valence-electron chi connectivity index (χ0n) is 13.6. The van der Waals surface area contributed by atoms with Gasteiger partial charge >= 0.3 is 0 Å². The molecule has 0 aromatic heterocycles. The summed E-state index contributed by atoms with van der Waals surface area (Å²) < 4.78 is 24.0. The number of guanidine groups is 1. The molecule has 0 bridgehead atoms. The first-order valence-electron chi connectivity index (χ1n) is 7.67. The Morgan fingerprint density at radius 1 is 1.32 bits per heavy atom. The summed E-state index contributed by atoms with van der Waals surface area (Å²) in [6.45, 7) is 9.15. The summed E-state index contributed by atoms with van der Waals surface area (Å²) in [6.07, 6.45) is -0.149. The van der Waals surface area contributed by atoms with Crippen LogP contribution in [0.3, 0.4) is 0 Å². The lowest BCUT2D eigenvalue weighted by Gasteiger charge is -2.15. The van der Waals surface area contributed by atoms with Gasteiger partial charge in [0.25, 0.3) is 0 Å². The Balaban J connectivity index is 2.43. The van der Waals surface area contributed by atoms with Gasteiger partial charge in [-0.25, -0.2) is 9.38 Å². The van der Waals surface area contributed by atoms with E-state index in [0.29, 0.717) is 32.1 Å². The Kier molecular flexibility index (Phi) is 8.98. The van der Waals surface area contributed by atoms with Crippen LogP contribution in [0, 0.1) is 5.82 Å². The first-order valence-corrected chi connectivity index (χ1v) is 7.67. The molecule has 1 unspecified atom stereocenters. The number of aliphatic imine (C=N–C) groups is 1. The molecule has 1 atom stereocenters. The van der Waals surface area contributed by atoms with E-state index in [0.717, 1.165) is 12.5 Å². The van der Waals surface area contributed by atoms with E-state index >= 15 is 0 Å². The maximum absolute atomic E-state index is 13.1. The van der Waals surface area contributed by atoms with Crippen molar-refractivity contribution in [3.63, 3.8) is 0 Å². The van der Waals surface area contributed by atoms with E-state index in [1.165, 1.54) is 12.1 Å². The van der Waals surface area contributed by atoms with Gasteiger partial charge in [0.15, 0.2) is 5.96 Å². The summed E-state index contributed by atoms with van der Waals surface area (Å²) in [4.78, 5) is 4.45. The highest BCUT2D eigenvalue weighted by Crippen LogP contribution is 2.13. The molecule has 6 heteroatoms. The number of nitrogens with one attached hydrogen (secondary N) is 2. The van der Waals surface area contributed by atoms with E-state index in [-0.39, 0.29) is 11.9 Å². The lowest BCUT2D eigenvalue weighted by atomic mass is 10.3. The topological polar surface area (TPSA) is 54.9 Å². The number of rotatable bonds is 9. The molecule has 0 spiro atoms. The molecular weight excluding hydrogens is 285 g/mol. The van der Waals surface area contributed by atoms with Gasteiger partial charge < -0.3 is 20.1 Å². The number of ether oxygens (including phenoxy) is 2. The Labute approximate surface area is 131 Å². The molecule has 0 aliphatic heterocycles. The first kappa shape index (κ1) is 18.2. The lowest BCUT2D eigenvalue weighted by Crippen LogP contribution is -2.39. The Bertz CT molecular complexity index is 455. The molecule has 0 amide bonds. The monoisotopic (exact) mass is 311 g/mol. The predicted molar refractivity (Wildman–Crippen MR) is 87.0 cm³/mol. The summed E-state index contributed by atoms with van der Waals surface area (Å²) in [5, 5.41) is 6.34. The molecule has 0 saturated heterocycles. The number of hydrogen-bond acceptors (Lipinski definition) is 3. The van der Waals surface area contributed by atoms with Crippen LogP contribution in [0.25, 0.3) is 0 Å². The minimum absolute atomic E-state index is 0.149. The highest BCUT2D eigenvalue weighted by molar-refractivity contribution is 5.79. The minimum atomic E-state index is -0.306. The average molecular weight is 311 g/mol. The van der Waals surface area contributed by atoms with Crippen LogP contribution in [0.2, 0.25) is 0 Å². The molecule has 5 nitrogen and oxygen atoms in total. The van der Waals surface area contributed by atoms with E-state index in [2.05, 4.69) is 15.6 Å². The third-order valence-electron chi connectivity index (χ3n) is 2.73. The molecule has 0 heterocycles. The van der Waals surface area contributed by atoms with Gasteiger partial charge in [-0.2, -0.15) is 0 Å². The summed E-state index contributed by atoms with van der Waals surface area (Å²) in [7, 11) is 0. The van der Waals surface area contributed by atoms with E-state index < -0.39 is 0 Å². The zero-order chi connectivity index (χ0) is 16.2. The van der Waals surface area contributed by atoms with Crippen LogP contribution in [0.1, 0.15) is 20.8 Å². The highest BCUT2D eigenvalue weighted by atomic mass is 19.1. The third kappa shape index (κ3) is 7.83. The van der Waals surface area contributed by atoms with Crippen molar-refractivity contribution in [3.8, 4) is 5.75 Å². The Hall–Kier alpha value is -1.82. The SMILES string of the molecule is CCNC(=NCC(C)Oc1cccc(F)c1)NCCOCC. The average Bonchev–Trinajstić information content (AvgIpc) is 2.49. The highest BCUT2D eigenvalue weighted by Gasteiger charge is 2.05. The van der Waals surface area contributed by atoms with Crippen molar-refractivity contribution in [1.82, 2.24) is 10.6 Å². The number of hydrogen-bond donors (Lipinski definition) is 2. The van der Waals surface area contributed by atoms with Crippen LogP contribution in [0.5, 0.6) is 5.75 Å². The van der Waals surface area contributed by atoms with Crippen LogP contribution < -0.4 is 15.4 Å². The van der Waals surface area contributed by atoms with Crippen molar-refractivity contribution >= 4 is 5.96 Å². The molecule has 0 saturated carbocycles. The fourth-order valence-corrected chi connectivity index (χ4v) is 1.76. The molecule has 22 heavy (non-hydrogen) atoms. The van der Waals surface area contributed by atoms with Crippen molar-refractivity contribution < 1.29 is 13.9 Å². The summed E-state index contributed by atoms with van der Waals surface area (Å²) in [5.74, 6) is 0.924. The van der Waals surface area contributed by atoms with E-state index in [1.807, 2.05) is 20.8 Å². The van der Waals surface area contributed by atoms with Crippen molar-refractivity contribution in [2.75, 3.05) is 32.8 Å². The maximum Gasteiger partial charge on any atom is 0.191 e. The van der Waals surface area contributed by atoms with Crippen LogP contribution in [-0.4, -0.2) is 44.9 Å². The van der Waals surface area contributed by atoms with E-state index in [1.54, 1.807) is 12.1 Å². The van der Waals surface area contributed by atoms with Gasteiger partial charge in [-0.05, 0) is 32.9 Å². The summed E-state index contributed by atoms with van der Waals surface area (Å²) in [6, 6.07) is 6.11. The van der Waals surface area contributed by atoms with Gasteiger partial charge in [0.1, 0.15) is 17.7 Å². The third-order valence-corrected chi connectivity index (χ3v) is 2.73. The minimum Gasteiger partial charge on any atom is -0.489 e. The second-order valence-corrected chi connectivity index (χ2v) is 4.73. The number of benzene rings is 1. The van der Waals surface area contributed by atoms with Gasteiger partial charge in [-0.3, -0.25) is 0 Å². The molecule has 0 aliphatic rings. The maximum atomic E-state index is 13.1. The second kappa shape index (κ2) is 10.8. The molecule has 1 aromatic carbocycles. The van der Waals surface area contributed by atoms with Gasteiger partial charge in [0, 0.05) is 25.8 Å². The van der Waals surface area contributed by atoms with Crippen molar-refractivity contribution in [2.24, 2.45) is 4.99 Å². The molecular formula is C16H26FN3O2. The van der Waals surface area contributed by atoms with Crippen molar-refractivity contribution in [2.45, 2.75) is 26.9 Å². The number of nitrogens with zero attached hydrogens (tertiary/aromatic N) is 1. The molecule has 0 radical (unpaired) electrons.